The van der Waals surface area contributed by atoms with Crippen LogP contribution in [0.3, 0.4) is 0 Å². The van der Waals surface area contributed by atoms with Crippen LogP contribution in [0.25, 0.3) is 5.82 Å². The van der Waals surface area contributed by atoms with Gasteiger partial charge in [0.2, 0.25) is 5.91 Å². The molecule has 0 bridgehead atoms. The molecule has 2 aromatic rings. The van der Waals surface area contributed by atoms with Gasteiger partial charge in [0.1, 0.15) is 18.7 Å². The number of aromatic nitrogens is 4. The molecular weight excluding hydrogens is 320 g/mol. The molecule has 2 fully saturated rings. The van der Waals surface area contributed by atoms with E-state index in [4.69, 9.17) is 4.74 Å². The van der Waals surface area contributed by atoms with Gasteiger partial charge in [-0.1, -0.05) is 12.8 Å². The second-order valence-corrected chi connectivity index (χ2v) is 6.50. The van der Waals surface area contributed by atoms with E-state index in [0.29, 0.717) is 30.8 Å². The van der Waals surface area contributed by atoms with Crippen LogP contribution < -0.4 is 5.32 Å². The number of morpholine rings is 1. The van der Waals surface area contributed by atoms with Gasteiger partial charge in [-0.2, -0.15) is 5.10 Å². The maximum absolute atomic E-state index is 12.8. The Kier molecular flexibility index (Phi) is 4.71. The van der Waals surface area contributed by atoms with Gasteiger partial charge in [-0.05, 0) is 25.0 Å². The van der Waals surface area contributed by atoms with Crippen molar-refractivity contribution in [2.24, 2.45) is 0 Å². The second kappa shape index (κ2) is 7.28. The van der Waals surface area contributed by atoms with Crippen LogP contribution in [-0.4, -0.2) is 62.4 Å². The van der Waals surface area contributed by atoms with E-state index in [1.54, 1.807) is 23.3 Å². The van der Waals surface area contributed by atoms with E-state index in [1.807, 2.05) is 6.07 Å². The van der Waals surface area contributed by atoms with Gasteiger partial charge in [0, 0.05) is 12.6 Å². The highest BCUT2D eigenvalue weighted by Crippen LogP contribution is 2.26. The number of carbonyl (C=O) groups is 1. The molecule has 132 valence electrons. The van der Waals surface area contributed by atoms with E-state index in [-0.39, 0.29) is 11.9 Å². The van der Waals surface area contributed by atoms with Crippen LogP contribution in [0.5, 0.6) is 0 Å². The summed E-state index contributed by atoms with van der Waals surface area (Å²) in [6, 6.07) is 3.90. The number of carbonyl (C=O) groups excluding carboxylic acids is 1. The van der Waals surface area contributed by atoms with Crippen molar-refractivity contribution in [1.29, 1.82) is 0 Å². The van der Waals surface area contributed by atoms with Crippen LogP contribution in [-0.2, 0) is 9.53 Å². The van der Waals surface area contributed by atoms with Gasteiger partial charge in [-0.3, -0.25) is 9.69 Å². The lowest BCUT2D eigenvalue weighted by Crippen LogP contribution is -2.55. The predicted octanol–water partition coefficient (Wildman–Crippen LogP) is 1.24. The SMILES string of the molecule is O=C(Nc1ccc(-n2cncn2)nc1)[C@H]1COCCN1C1CCCC1. The Morgan fingerprint density at radius 3 is 2.88 bits per heavy atom. The Morgan fingerprint density at radius 2 is 2.16 bits per heavy atom. The van der Waals surface area contributed by atoms with Crippen molar-refractivity contribution in [2.45, 2.75) is 37.8 Å². The van der Waals surface area contributed by atoms with Crippen LogP contribution in [0, 0.1) is 0 Å². The highest BCUT2D eigenvalue weighted by molar-refractivity contribution is 5.95. The molecule has 1 amide bonds. The highest BCUT2D eigenvalue weighted by atomic mass is 16.5. The number of ether oxygens (including phenoxy) is 1. The van der Waals surface area contributed by atoms with Crippen LogP contribution in [0.1, 0.15) is 25.7 Å². The van der Waals surface area contributed by atoms with Crippen molar-refractivity contribution in [3.05, 3.63) is 31.0 Å². The number of nitrogens with zero attached hydrogens (tertiary/aromatic N) is 5. The summed E-state index contributed by atoms with van der Waals surface area (Å²) in [7, 11) is 0. The zero-order valence-corrected chi connectivity index (χ0v) is 14.0. The highest BCUT2D eigenvalue weighted by Gasteiger charge is 2.35. The number of anilines is 1. The lowest BCUT2D eigenvalue weighted by atomic mass is 10.1. The molecule has 3 heterocycles. The second-order valence-electron chi connectivity index (χ2n) is 6.50. The van der Waals surface area contributed by atoms with Crippen molar-refractivity contribution in [1.82, 2.24) is 24.6 Å². The summed E-state index contributed by atoms with van der Waals surface area (Å²) in [5.41, 5.74) is 0.672. The van der Waals surface area contributed by atoms with E-state index >= 15 is 0 Å². The largest absolute Gasteiger partial charge is 0.378 e. The van der Waals surface area contributed by atoms with Crippen molar-refractivity contribution in [3.8, 4) is 5.82 Å². The molecule has 0 radical (unpaired) electrons. The first-order chi connectivity index (χ1) is 12.3. The summed E-state index contributed by atoms with van der Waals surface area (Å²) in [5, 5.41) is 7.01. The van der Waals surface area contributed by atoms with Crippen molar-refractivity contribution in [2.75, 3.05) is 25.1 Å². The van der Waals surface area contributed by atoms with Gasteiger partial charge in [-0.25, -0.2) is 14.6 Å². The van der Waals surface area contributed by atoms with E-state index in [9.17, 15) is 4.79 Å². The minimum atomic E-state index is -0.230. The average Bonchev–Trinajstić information content (AvgIpc) is 3.36. The van der Waals surface area contributed by atoms with E-state index in [0.717, 1.165) is 6.54 Å². The molecule has 2 aromatic heterocycles. The third-order valence-corrected chi connectivity index (χ3v) is 4.94. The molecule has 4 rings (SSSR count). The smallest absolute Gasteiger partial charge is 0.244 e. The lowest BCUT2D eigenvalue weighted by Gasteiger charge is -2.38. The first kappa shape index (κ1) is 16.2. The summed E-state index contributed by atoms with van der Waals surface area (Å²) < 4.78 is 7.13. The van der Waals surface area contributed by atoms with Crippen LogP contribution in [0.4, 0.5) is 5.69 Å². The molecule has 1 N–H and O–H groups in total. The van der Waals surface area contributed by atoms with E-state index < -0.39 is 0 Å². The van der Waals surface area contributed by atoms with Gasteiger partial charge in [0.25, 0.3) is 0 Å². The third-order valence-electron chi connectivity index (χ3n) is 4.94. The number of pyridine rings is 1. The maximum Gasteiger partial charge on any atom is 0.244 e. The Morgan fingerprint density at radius 1 is 1.28 bits per heavy atom. The fraction of sp³-hybridized carbons (Fsp3) is 0.529. The summed E-state index contributed by atoms with van der Waals surface area (Å²) in [5.74, 6) is 0.631. The molecule has 1 aliphatic heterocycles. The standard InChI is InChI=1S/C17H22N6O2/c24-17(15-10-25-8-7-22(15)14-3-1-2-4-14)21-13-5-6-16(19-9-13)23-12-18-11-20-23/h5-6,9,11-12,14-15H,1-4,7-8,10H2,(H,21,24)/t15-/m1/s1. The van der Waals surface area contributed by atoms with Gasteiger partial charge in [0.05, 0.1) is 25.1 Å². The zero-order valence-electron chi connectivity index (χ0n) is 14.0. The van der Waals surface area contributed by atoms with Crippen LogP contribution in [0.2, 0.25) is 0 Å². The molecule has 8 nitrogen and oxygen atoms in total. The number of hydrogen-bond acceptors (Lipinski definition) is 6. The minimum Gasteiger partial charge on any atom is -0.378 e. The zero-order chi connectivity index (χ0) is 17.1. The fourth-order valence-corrected chi connectivity index (χ4v) is 3.66. The van der Waals surface area contributed by atoms with Gasteiger partial charge in [-0.15, -0.1) is 0 Å². The molecule has 8 heteroatoms. The van der Waals surface area contributed by atoms with Crippen molar-refractivity contribution in [3.63, 3.8) is 0 Å². The molecule has 1 saturated carbocycles. The minimum absolute atomic E-state index is 0.0260. The summed E-state index contributed by atoms with van der Waals surface area (Å²) in [6.45, 7) is 1.98. The van der Waals surface area contributed by atoms with E-state index in [1.165, 1.54) is 32.0 Å². The Hall–Kier alpha value is -2.32. The topological polar surface area (TPSA) is 85.2 Å². The Bertz CT molecular complexity index is 696. The molecule has 25 heavy (non-hydrogen) atoms. The fourth-order valence-electron chi connectivity index (χ4n) is 3.66. The summed E-state index contributed by atoms with van der Waals surface area (Å²) >= 11 is 0. The quantitative estimate of drug-likeness (QED) is 0.900. The van der Waals surface area contributed by atoms with Crippen LogP contribution >= 0.6 is 0 Å². The lowest BCUT2D eigenvalue weighted by molar-refractivity contribution is -0.129. The van der Waals surface area contributed by atoms with Crippen molar-refractivity contribution >= 4 is 11.6 Å². The van der Waals surface area contributed by atoms with Gasteiger partial charge in [0.15, 0.2) is 5.82 Å². The van der Waals surface area contributed by atoms with Gasteiger partial charge < -0.3 is 10.1 Å². The third kappa shape index (κ3) is 3.54. The number of rotatable bonds is 4. The monoisotopic (exact) mass is 342 g/mol. The van der Waals surface area contributed by atoms with Crippen molar-refractivity contribution < 1.29 is 9.53 Å². The summed E-state index contributed by atoms with van der Waals surface area (Å²) in [4.78, 5) is 23.3. The maximum atomic E-state index is 12.8. The first-order valence-corrected chi connectivity index (χ1v) is 8.77. The molecule has 0 spiro atoms. The van der Waals surface area contributed by atoms with E-state index in [2.05, 4.69) is 25.3 Å². The number of nitrogens with one attached hydrogen (secondary N) is 1. The number of amides is 1. The molecule has 0 aromatic carbocycles. The Labute approximate surface area is 146 Å². The Balaban J connectivity index is 1.43. The van der Waals surface area contributed by atoms with Gasteiger partial charge >= 0.3 is 0 Å². The molecule has 1 aliphatic carbocycles. The summed E-state index contributed by atoms with van der Waals surface area (Å²) in [6.07, 6.45) is 9.54. The predicted molar refractivity (Wildman–Crippen MR) is 91.4 cm³/mol. The molecule has 0 unspecified atom stereocenters. The average molecular weight is 342 g/mol. The number of hydrogen-bond donors (Lipinski definition) is 1. The van der Waals surface area contributed by atoms with Crippen LogP contribution in [0.15, 0.2) is 31.0 Å². The normalized spacial score (nSPS) is 22.2. The molecular formula is C17H22N6O2. The molecule has 2 aliphatic rings. The first-order valence-electron chi connectivity index (χ1n) is 8.77. The molecule has 1 atom stereocenters. The molecule has 1 saturated heterocycles.